The Labute approximate surface area is 587 Å². The zero-order valence-electron chi connectivity index (χ0n) is 56.2. The van der Waals surface area contributed by atoms with Gasteiger partial charge in [-0.1, -0.05) is 29.8 Å². The van der Waals surface area contributed by atoms with Crippen molar-refractivity contribution in [2.45, 2.75) is 11.8 Å². The molecule has 0 saturated heterocycles. The van der Waals surface area contributed by atoms with Gasteiger partial charge in [-0.15, -0.1) is 0 Å². The van der Waals surface area contributed by atoms with Crippen LogP contribution < -0.4 is 23.7 Å². The van der Waals surface area contributed by atoms with E-state index in [1.807, 2.05) is 104 Å². The second kappa shape index (κ2) is 46.7. The minimum atomic E-state index is -3.77. The van der Waals surface area contributed by atoms with Crippen LogP contribution in [0.5, 0.6) is 46.0 Å². The molecular formula is C73H86N6O21S. The number of nitrogens with zero attached hydrogens (tertiary/aromatic N) is 6. The summed E-state index contributed by atoms with van der Waals surface area (Å²) < 4.78 is 100. The third-order valence-corrected chi connectivity index (χ3v) is 14.7. The highest BCUT2D eigenvalue weighted by atomic mass is 32.2. The molecule has 0 atom stereocenters. The van der Waals surface area contributed by atoms with E-state index in [4.69, 9.17) is 76.0 Å². The molecule has 0 unspecified atom stereocenters. The Bertz CT molecular complexity index is 3720. The molecule has 540 valence electrons. The van der Waals surface area contributed by atoms with Crippen LogP contribution in [0.3, 0.4) is 0 Å². The smallest absolute Gasteiger partial charge is 0.297 e. The molecule has 6 aromatic heterocycles. The summed E-state index contributed by atoms with van der Waals surface area (Å²) in [6.07, 6.45) is 5.80. The Morgan fingerprint density at radius 1 is 0.287 bits per heavy atom. The maximum absolute atomic E-state index is 12.1. The number of ether oxygens (including phenoxy) is 13. The van der Waals surface area contributed by atoms with Crippen LogP contribution in [0.4, 0.5) is 0 Å². The zero-order valence-corrected chi connectivity index (χ0v) is 57.0. The lowest BCUT2D eigenvalue weighted by Gasteiger charge is -2.10. The highest BCUT2D eigenvalue weighted by molar-refractivity contribution is 7.86. The van der Waals surface area contributed by atoms with Crippen molar-refractivity contribution in [1.82, 2.24) is 29.9 Å². The van der Waals surface area contributed by atoms with E-state index in [0.717, 1.165) is 17.1 Å². The monoisotopic (exact) mass is 1410 g/mol. The highest BCUT2D eigenvalue weighted by Gasteiger charge is 2.15. The third-order valence-electron chi connectivity index (χ3n) is 13.4. The summed E-state index contributed by atoms with van der Waals surface area (Å²) in [4.78, 5) is 26.2. The molecule has 101 heavy (non-hydrogen) atoms. The van der Waals surface area contributed by atoms with Gasteiger partial charge in [0.1, 0.15) is 79.0 Å². The molecule has 9 aromatic rings. The van der Waals surface area contributed by atoms with E-state index in [1.165, 1.54) is 30.7 Å². The molecular weight excluding hydrogens is 1330 g/mol. The molecule has 0 fully saturated rings. The van der Waals surface area contributed by atoms with Crippen molar-refractivity contribution in [3.05, 3.63) is 188 Å². The molecule has 27 nitrogen and oxygen atoms in total. The molecule has 0 bridgehead atoms. The molecule has 28 heteroatoms. The first-order valence-corrected chi connectivity index (χ1v) is 33.9. The fraction of sp³-hybridized carbons (Fsp3) is 0.342. The largest absolute Gasteiger partial charge is 0.506 e. The van der Waals surface area contributed by atoms with Gasteiger partial charge in [0.05, 0.1) is 201 Å². The lowest BCUT2D eigenvalue weighted by Crippen LogP contribution is -2.14. The molecule has 0 aliphatic heterocycles. The summed E-state index contributed by atoms with van der Waals surface area (Å²) in [5, 5.41) is 45.2. The van der Waals surface area contributed by atoms with E-state index in [0.29, 0.717) is 195 Å². The Balaban J connectivity index is 0.000000227. The Kier molecular flexibility index (Phi) is 36.5. The second-order valence-corrected chi connectivity index (χ2v) is 22.6. The zero-order chi connectivity index (χ0) is 71.2. The van der Waals surface area contributed by atoms with Crippen molar-refractivity contribution in [3.63, 3.8) is 0 Å². The van der Waals surface area contributed by atoms with Crippen molar-refractivity contribution < 1.29 is 99.7 Å². The number of aromatic hydroxyl groups is 3. The van der Waals surface area contributed by atoms with Gasteiger partial charge in [0.2, 0.25) is 0 Å². The Morgan fingerprint density at radius 3 is 0.842 bits per heavy atom. The van der Waals surface area contributed by atoms with Crippen LogP contribution in [0.1, 0.15) is 5.56 Å². The van der Waals surface area contributed by atoms with Gasteiger partial charge in [-0.25, -0.2) is 9.97 Å². The molecule has 6 heterocycles. The van der Waals surface area contributed by atoms with Crippen molar-refractivity contribution >= 4 is 10.1 Å². The van der Waals surface area contributed by atoms with Gasteiger partial charge in [0.25, 0.3) is 10.1 Å². The summed E-state index contributed by atoms with van der Waals surface area (Å²) in [5.41, 5.74) is 6.48. The molecule has 0 radical (unpaired) electrons. The molecule has 0 saturated carbocycles. The quantitative estimate of drug-likeness (QED) is 0.0176. The van der Waals surface area contributed by atoms with Gasteiger partial charge in [-0.3, -0.25) is 24.1 Å². The molecule has 9 rings (SSSR count). The fourth-order valence-electron chi connectivity index (χ4n) is 8.42. The molecule has 3 aromatic carbocycles. The van der Waals surface area contributed by atoms with E-state index in [-0.39, 0.29) is 48.6 Å². The second-order valence-electron chi connectivity index (χ2n) is 21.0. The predicted octanol–water partition coefficient (Wildman–Crippen LogP) is 8.64. The Hall–Kier alpha value is -9.53. The average Bonchev–Trinajstić information content (AvgIpc) is 0.847. The van der Waals surface area contributed by atoms with Crippen molar-refractivity contribution in [1.29, 1.82) is 0 Å². The number of hydrogen-bond acceptors (Lipinski definition) is 27. The van der Waals surface area contributed by atoms with E-state index in [1.54, 1.807) is 54.7 Å². The summed E-state index contributed by atoms with van der Waals surface area (Å²) in [5.74, 6) is 3.86. The number of aliphatic hydroxyl groups is 2. The van der Waals surface area contributed by atoms with Gasteiger partial charge in [0, 0.05) is 0 Å². The van der Waals surface area contributed by atoms with Crippen molar-refractivity contribution in [2.75, 3.05) is 159 Å². The number of hydrogen-bond donors (Lipinski definition) is 5. The summed E-state index contributed by atoms with van der Waals surface area (Å²) in [7, 11) is -3.77. The van der Waals surface area contributed by atoms with E-state index >= 15 is 0 Å². The predicted molar refractivity (Wildman–Crippen MR) is 372 cm³/mol. The van der Waals surface area contributed by atoms with Gasteiger partial charge >= 0.3 is 0 Å². The lowest BCUT2D eigenvalue weighted by atomic mass is 10.2. The molecule has 0 amide bonds. The first-order valence-electron chi connectivity index (χ1n) is 32.5. The maximum atomic E-state index is 12.1. The molecule has 5 N–H and O–H groups in total. The number of aliphatic hydroxyl groups excluding tert-OH is 2. The molecule has 0 aliphatic rings. The van der Waals surface area contributed by atoms with Gasteiger partial charge in [-0.05, 0) is 140 Å². The summed E-state index contributed by atoms with van der Waals surface area (Å²) in [6, 6.07) is 45.8. The minimum absolute atomic E-state index is 0.00825. The van der Waals surface area contributed by atoms with Gasteiger partial charge < -0.3 is 87.1 Å². The number of rotatable bonds is 45. The van der Waals surface area contributed by atoms with Crippen LogP contribution in [0.25, 0.3) is 45.6 Å². The lowest BCUT2D eigenvalue weighted by molar-refractivity contribution is 0.0247. The minimum Gasteiger partial charge on any atom is -0.506 e. The topological polar surface area (TPSA) is 342 Å². The van der Waals surface area contributed by atoms with Crippen molar-refractivity contribution in [2.24, 2.45) is 0 Å². The normalized spacial score (nSPS) is 11.0. The standard InChI is InChI=1S/C33H39N3O9.C25H36O10S.C15H11N3O2/c37-12-13-39-14-15-40-18-21-43-27-5-7-28(8-6-27)44-22-19-41-16-17-42-20-23-45-29-9-11-31(35-25-29)33-3-1-2-32(36-33)30-10-4-26(38)24-34-30;1-22-2-8-25(9-3-22)36(27,28)35-21-18-32-15-14-31-17-20-34-24-6-4-23(5-7-24)33-19-16-30-13-12-29-11-10-26;19-10-4-6-12(16-8-10)14-2-1-3-15(18-14)13-7-5-11(20)9-17-13/h1-11,24-25,37-38H,12-23H2;2-9,26H,10-21H2,1H3;1-9,19-20H. The SMILES string of the molecule is Cc1ccc(S(=O)(=O)OCCOCCOCCOc2ccc(OCCOCCOCCO)cc2)cc1.OCCOCCOCCOc1ccc(OCCOCCOCCOc2ccc(-c3cccc(-c4ccc(O)cn4)n3)nc2)cc1.Oc1ccc(-c2cccc(-c3ccc(O)cn3)n2)nc1. The average molecular weight is 1420 g/mol. The van der Waals surface area contributed by atoms with Crippen LogP contribution in [-0.4, -0.2) is 222 Å². The summed E-state index contributed by atoms with van der Waals surface area (Å²) in [6.45, 7) is 10.2. The van der Waals surface area contributed by atoms with Crippen LogP contribution in [0, 0.1) is 6.92 Å². The fourth-order valence-corrected chi connectivity index (χ4v) is 9.31. The van der Waals surface area contributed by atoms with Crippen LogP contribution in [0.2, 0.25) is 0 Å². The first-order chi connectivity index (χ1) is 49.4. The van der Waals surface area contributed by atoms with E-state index in [2.05, 4.69) is 29.9 Å². The maximum Gasteiger partial charge on any atom is 0.297 e. The molecule has 0 aliphatic carbocycles. The number of aryl methyl sites for hydroxylation is 1. The van der Waals surface area contributed by atoms with Crippen molar-refractivity contribution in [3.8, 4) is 91.5 Å². The van der Waals surface area contributed by atoms with E-state index < -0.39 is 10.1 Å². The summed E-state index contributed by atoms with van der Waals surface area (Å²) >= 11 is 0. The Morgan fingerprint density at radius 2 is 0.554 bits per heavy atom. The number of pyridine rings is 6. The number of aromatic nitrogens is 6. The third kappa shape index (κ3) is 31.7. The van der Waals surface area contributed by atoms with Crippen LogP contribution >= 0.6 is 0 Å². The highest BCUT2D eigenvalue weighted by Crippen LogP contribution is 2.25. The van der Waals surface area contributed by atoms with Gasteiger partial charge in [0.15, 0.2) is 0 Å². The van der Waals surface area contributed by atoms with Crippen LogP contribution in [0.15, 0.2) is 187 Å². The van der Waals surface area contributed by atoms with Crippen LogP contribution in [-0.2, 0) is 52.2 Å². The number of benzene rings is 3. The van der Waals surface area contributed by atoms with Gasteiger partial charge in [-0.2, -0.15) is 8.42 Å². The van der Waals surface area contributed by atoms with E-state index in [9.17, 15) is 23.7 Å². The first kappa shape index (κ1) is 78.8. The molecule has 0 spiro atoms.